The van der Waals surface area contributed by atoms with Crippen molar-refractivity contribution in [3.63, 3.8) is 0 Å². The lowest BCUT2D eigenvalue weighted by Crippen LogP contribution is -2.18. The summed E-state index contributed by atoms with van der Waals surface area (Å²) in [4.78, 5) is 21.3. The minimum atomic E-state index is -4.56. The van der Waals surface area contributed by atoms with Gasteiger partial charge in [-0.3, -0.25) is 14.9 Å². The Balaban J connectivity index is 3.10. The Hall–Kier alpha value is -2.12. The molecule has 0 heterocycles. The van der Waals surface area contributed by atoms with Crippen LogP contribution in [-0.4, -0.2) is 17.0 Å². The number of hydrogen-bond acceptors (Lipinski definition) is 3. The van der Waals surface area contributed by atoms with E-state index in [-0.39, 0.29) is 17.5 Å². The van der Waals surface area contributed by atoms with E-state index >= 15 is 0 Å². The summed E-state index contributed by atoms with van der Waals surface area (Å²) < 4.78 is 37.2. The van der Waals surface area contributed by atoms with Gasteiger partial charge in [-0.2, -0.15) is 13.2 Å². The van der Waals surface area contributed by atoms with Crippen molar-refractivity contribution < 1.29 is 22.9 Å². The van der Waals surface area contributed by atoms with Crippen LogP contribution in [0.3, 0.4) is 0 Å². The summed E-state index contributed by atoms with van der Waals surface area (Å²) >= 11 is 0. The van der Waals surface area contributed by atoms with Crippen molar-refractivity contribution in [3.05, 3.63) is 33.9 Å². The SMILES string of the molecule is CC(C)C(=O)Nc1ccc([N+](=O)[O-])c(CC(F)(F)F)c1. The van der Waals surface area contributed by atoms with Crippen molar-refractivity contribution in [2.75, 3.05) is 5.32 Å². The van der Waals surface area contributed by atoms with Crippen molar-refractivity contribution in [2.24, 2.45) is 5.92 Å². The van der Waals surface area contributed by atoms with E-state index in [2.05, 4.69) is 5.32 Å². The Morgan fingerprint density at radius 1 is 1.40 bits per heavy atom. The average Bonchev–Trinajstić information content (AvgIpc) is 2.26. The maximum atomic E-state index is 12.4. The minimum Gasteiger partial charge on any atom is -0.326 e. The predicted octanol–water partition coefficient (Wildman–Crippen LogP) is 3.29. The molecule has 0 saturated heterocycles. The van der Waals surface area contributed by atoms with Gasteiger partial charge in [-0.05, 0) is 12.1 Å². The van der Waals surface area contributed by atoms with Gasteiger partial charge >= 0.3 is 6.18 Å². The molecule has 1 aromatic rings. The smallest absolute Gasteiger partial charge is 0.326 e. The highest BCUT2D eigenvalue weighted by atomic mass is 19.4. The first-order valence-corrected chi connectivity index (χ1v) is 5.75. The molecule has 1 N–H and O–H groups in total. The minimum absolute atomic E-state index is 0.105. The van der Waals surface area contributed by atoms with Gasteiger partial charge in [0.15, 0.2) is 0 Å². The number of amides is 1. The number of carbonyl (C=O) groups excluding carboxylic acids is 1. The van der Waals surface area contributed by atoms with Gasteiger partial charge < -0.3 is 5.32 Å². The van der Waals surface area contributed by atoms with Crippen LogP contribution in [-0.2, 0) is 11.2 Å². The number of halogens is 3. The monoisotopic (exact) mass is 290 g/mol. The average molecular weight is 290 g/mol. The van der Waals surface area contributed by atoms with Gasteiger partial charge in [-0.1, -0.05) is 13.8 Å². The lowest BCUT2D eigenvalue weighted by Gasteiger charge is -2.11. The molecule has 0 bridgehead atoms. The fourth-order valence-corrected chi connectivity index (χ4v) is 1.49. The zero-order valence-electron chi connectivity index (χ0n) is 10.8. The number of hydrogen-bond donors (Lipinski definition) is 1. The number of rotatable bonds is 4. The standard InChI is InChI=1S/C12H13F3N2O3/c1-7(2)11(18)16-9-3-4-10(17(19)20)8(5-9)6-12(13,14)15/h3-5,7H,6H2,1-2H3,(H,16,18). The quantitative estimate of drug-likeness (QED) is 0.683. The maximum Gasteiger partial charge on any atom is 0.393 e. The zero-order chi connectivity index (χ0) is 15.5. The molecule has 0 atom stereocenters. The normalized spacial score (nSPS) is 11.5. The molecule has 0 aliphatic carbocycles. The number of nitrogens with zero attached hydrogens (tertiary/aromatic N) is 1. The third-order valence-electron chi connectivity index (χ3n) is 2.46. The third kappa shape index (κ3) is 4.52. The predicted molar refractivity (Wildman–Crippen MR) is 66.3 cm³/mol. The van der Waals surface area contributed by atoms with Crippen LogP contribution < -0.4 is 5.32 Å². The molecule has 0 saturated carbocycles. The molecule has 0 aromatic heterocycles. The molecule has 5 nitrogen and oxygen atoms in total. The zero-order valence-corrected chi connectivity index (χ0v) is 10.8. The fraction of sp³-hybridized carbons (Fsp3) is 0.417. The van der Waals surface area contributed by atoms with Crippen LogP contribution in [0.5, 0.6) is 0 Å². The fourth-order valence-electron chi connectivity index (χ4n) is 1.49. The second-order valence-corrected chi connectivity index (χ2v) is 4.54. The van der Waals surface area contributed by atoms with Gasteiger partial charge in [0.2, 0.25) is 5.91 Å². The van der Waals surface area contributed by atoms with Crippen molar-refractivity contribution in [3.8, 4) is 0 Å². The first kappa shape index (κ1) is 15.9. The van der Waals surface area contributed by atoms with E-state index in [1.807, 2.05) is 0 Å². The van der Waals surface area contributed by atoms with Gasteiger partial charge in [0.1, 0.15) is 0 Å². The molecule has 0 aliphatic rings. The molecule has 0 radical (unpaired) electrons. The van der Waals surface area contributed by atoms with Crippen LogP contribution in [0.15, 0.2) is 18.2 Å². The molecule has 0 fully saturated rings. The van der Waals surface area contributed by atoms with Crippen LogP contribution in [0.1, 0.15) is 19.4 Å². The molecule has 20 heavy (non-hydrogen) atoms. The van der Waals surface area contributed by atoms with E-state index in [0.717, 1.165) is 12.1 Å². The van der Waals surface area contributed by atoms with Crippen LogP contribution in [0, 0.1) is 16.0 Å². The second kappa shape index (κ2) is 5.89. The molecule has 0 unspecified atom stereocenters. The van der Waals surface area contributed by atoms with Crippen LogP contribution in [0.25, 0.3) is 0 Å². The third-order valence-corrected chi connectivity index (χ3v) is 2.46. The molecule has 8 heteroatoms. The van der Waals surface area contributed by atoms with E-state index in [9.17, 15) is 28.1 Å². The van der Waals surface area contributed by atoms with Gasteiger partial charge in [0.25, 0.3) is 5.69 Å². The molecule has 110 valence electrons. The first-order chi connectivity index (χ1) is 9.10. The summed E-state index contributed by atoms with van der Waals surface area (Å²) in [7, 11) is 0. The summed E-state index contributed by atoms with van der Waals surface area (Å²) in [5.41, 5.74) is -0.998. The second-order valence-electron chi connectivity index (χ2n) is 4.54. The largest absolute Gasteiger partial charge is 0.393 e. The molecular formula is C12H13F3N2O3. The molecule has 0 spiro atoms. The number of nitrogens with one attached hydrogen (secondary N) is 1. The summed E-state index contributed by atoms with van der Waals surface area (Å²) in [6.45, 7) is 3.24. The van der Waals surface area contributed by atoms with Crippen LogP contribution in [0.2, 0.25) is 0 Å². The molecule has 0 aliphatic heterocycles. The summed E-state index contributed by atoms with van der Waals surface area (Å²) in [6, 6.07) is 3.14. The van der Waals surface area contributed by atoms with Gasteiger partial charge in [0, 0.05) is 23.2 Å². The van der Waals surface area contributed by atoms with E-state index in [4.69, 9.17) is 0 Å². The van der Waals surface area contributed by atoms with Crippen molar-refractivity contribution in [1.82, 2.24) is 0 Å². The van der Waals surface area contributed by atoms with E-state index in [1.165, 1.54) is 6.07 Å². The molecular weight excluding hydrogens is 277 g/mol. The lowest BCUT2D eigenvalue weighted by atomic mass is 10.1. The summed E-state index contributed by atoms with van der Waals surface area (Å²) in [5.74, 6) is -0.729. The van der Waals surface area contributed by atoms with E-state index in [0.29, 0.717) is 0 Å². The Kier molecular flexibility index (Phi) is 4.69. The first-order valence-electron chi connectivity index (χ1n) is 5.75. The highest BCUT2D eigenvalue weighted by Gasteiger charge is 2.31. The molecule has 1 amide bonds. The Morgan fingerprint density at radius 2 is 2.00 bits per heavy atom. The lowest BCUT2D eigenvalue weighted by molar-refractivity contribution is -0.386. The number of anilines is 1. The van der Waals surface area contributed by atoms with E-state index < -0.39 is 28.8 Å². The number of nitro groups is 1. The Bertz CT molecular complexity index is 527. The van der Waals surface area contributed by atoms with Crippen molar-refractivity contribution in [2.45, 2.75) is 26.4 Å². The highest BCUT2D eigenvalue weighted by molar-refractivity contribution is 5.92. The molecule has 1 aromatic carbocycles. The maximum absolute atomic E-state index is 12.4. The summed E-state index contributed by atoms with van der Waals surface area (Å²) in [6.07, 6.45) is -5.99. The van der Waals surface area contributed by atoms with Crippen molar-refractivity contribution >= 4 is 17.3 Å². The van der Waals surface area contributed by atoms with E-state index in [1.54, 1.807) is 13.8 Å². The number of benzene rings is 1. The number of alkyl halides is 3. The van der Waals surface area contributed by atoms with Crippen LogP contribution >= 0.6 is 0 Å². The van der Waals surface area contributed by atoms with Gasteiger partial charge in [-0.15, -0.1) is 0 Å². The highest BCUT2D eigenvalue weighted by Crippen LogP contribution is 2.29. The number of nitro benzene ring substituents is 1. The summed E-state index contributed by atoms with van der Waals surface area (Å²) in [5, 5.41) is 13.1. The van der Waals surface area contributed by atoms with Crippen LogP contribution in [0.4, 0.5) is 24.5 Å². The topological polar surface area (TPSA) is 72.2 Å². The van der Waals surface area contributed by atoms with Gasteiger partial charge in [-0.25, -0.2) is 0 Å². The molecule has 1 rings (SSSR count). The Morgan fingerprint density at radius 3 is 2.45 bits per heavy atom. The van der Waals surface area contributed by atoms with Crippen molar-refractivity contribution in [1.29, 1.82) is 0 Å². The van der Waals surface area contributed by atoms with Gasteiger partial charge in [0.05, 0.1) is 11.3 Å². The number of carbonyl (C=O) groups is 1. The Labute approximate surface area is 112 Å².